The zero-order valence-electron chi connectivity index (χ0n) is 10.7. The molecule has 0 aliphatic heterocycles. The van der Waals surface area contributed by atoms with Gasteiger partial charge in [-0.05, 0) is 30.7 Å². The van der Waals surface area contributed by atoms with E-state index in [-0.39, 0.29) is 0 Å². The van der Waals surface area contributed by atoms with Crippen LogP contribution in [0.5, 0.6) is 0 Å². The topological polar surface area (TPSA) is 75.4 Å². The summed E-state index contributed by atoms with van der Waals surface area (Å²) in [6, 6.07) is 7.00. The molecule has 1 aromatic rings. The minimum atomic E-state index is -1.02. The van der Waals surface area contributed by atoms with Crippen LogP contribution < -0.4 is 11.1 Å². The summed E-state index contributed by atoms with van der Waals surface area (Å²) in [5.41, 5.74) is 6.11. The average Bonchev–Trinajstić information content (AvgIpc) is 2.36. The molecule has 0 aromatic heterocycles. The number of hydrogen-bond donors (Lipinski definition) is 3. The van der Waals surface area contributed by atoms with Crippen LogP contribution in [0.1, 0.15) is 31.7 Å². The number of rotatable bonds is 5. The summed E-state index contributed by atoms with van der Waals surface area (Å²) >= 11 is 5.64. The average molecular weight is 273 g/mol. The summed E-state index contributed by atoms with van der Waals surface area (Å²) < 4.78 is 0. The van der Waals surface area contributed by atoms with Crippen LogP contribution in [0, 0.1) is 0 Å². The van der Waals surface area contributed by atoms with Crippen molar-refractivity contribution < 1.29 is 9.90 Å². The van der Waals surface area contributed by atoms with Gasteiger partial charge in [-0.3, -0.25) is 0 Å². The van der Waals surface area contributed by atoms with E-state index in [1.165, 1.54) is 19.3 Å². The Labute approximate surface area is 113 Å². The summed E-state index contributed by atoms with van der Waals surface area (Å²) in [5, 5.41) is 11.2. The summed E-state index contributed by atoms with van der Waals surface area (Å²) in [4.78, 5) is 10.1. The number of amides is 1. The van der Waals surface area contributed by atoms with Crippen molar-refractivity contribution in [2.45, 2.75) is 32.7 Å². The van der Waals surface area contributed by atoms with Crippen molar-refractivity contribution >= 4 is 17.7 Å². The highest BCUT2D eigenvalue weighted by molar-refractivity contribution is 6.30. The van der Waals surface area contributed by atoms with Gasteiger partial charge in [0.2, 0.25) is 0 Å². The van der Waals surface area contributed by atoms with Crippen molar-refractivity contribution in [3.63, 3.8) is 0 Å². The van der Waals surface area contributed by atoms with Crippen molar-refractivity contribution in [3.05, 3.63) is 34.9 Å². The predicted molar refractivity (Wildman–Crippen MR) is 74.9 cm³/mol. The van der Waals surface area contributed by atoms with E-state index in [0.717, 1.165) is 12.1 Å². The van der Waals surface area contributed by atoms with E-state index in [0.29, 0.717) is 11.6 Å². The molecule has 0 radical (unpaired) electrons. The summed E-state index contributed by atoms with van der Waals surface area (Å²) in [6.07, 6.45) is 2.73. The Bertz CT molecular complexity index is 324. The number of benzene rings is 1. The third-order valence-corrected chi connectivity index (χ3v) is 2.42. The molecule has 0 atom stereocenters. The van der Waals surface area contributed by atoms with Crippen molar-refractivity contribution in [2.24, 2.45) is 5.73 Å². The van der Waals surface area contributed by atoms with Crippen LogP contribution in [0.2, 0.25) is 5.02 Å². The second-order valence-corrected chi connectivity index (χ2v) is 4.22. The van der Waals surface area contributed by atoms with Gasteiger partial charge in [0.05, 0.1) is 0 Å². The van der Waals surface area contributed by atoms with Crippen molar-refractivity contribution in [1.29, 1.82) is 0 Å². The molecule has 1 aromatic carbocycles. The zero-order valence-corrected chi connectivity index (χ0v) is 11.4. The molecule has 0 bridgehead atoms. The van der Waals surface area contributed by atoms with Crippen LogP contribution in [0.15, 0.2) is 24.3 Å². The predicted octanol–water partition coefficient (Wildman–Crippen LogP) is 3.24. The lowest BCUT2D eigenvalue weighted by atomic mass is 10.2. The SMILES string of the molecule is CCCCCN.O=C(O)NCc1ccc(Cl)cc1. The van der Waals surface area contributed by atoms with Gasteiger partial charge in [0.15, 0.2) is 0 Å². The van der Waals surface area contributed by atoms with Crippen LogP contribution in [-0.4, -0.2) is 17.7 Å². The Hall–Kier alpha value is -1.26. The Balaban J connectivity index is 0.000000411. The van der Waals surface area contributed by atoms with Gasteiger partial charge in [-0.1, -0.05) is 43.5 Å². The molecule has 0 aliphatic carbocycles. The zero-order chi connectivity index (χ0) is 13.8. The highest BCUT2D eigenvalue weighted by atomic mass is 35.5. The van der Waals surface area contributed by atoms with Gasteiger partial charge in [-0.25, -0.2) is 4.79 Å². The minimum absolute atomic E-state index is 0.312. The first-order valence-corrected chi connectivity index (χ1v) is 6.39. The molecular weight excluding hydrogens is 252 g/mol. The van der Waals surface area contributed by atoms with Gasteiger partial charge in [0.25, 0.3) is 0 Å². The summed E-state index contributed by atoms with van der Waals surface area (Å²) in [5.74, 6) is 0. The first-order chi connectivity index (χ1) is 8.60. The van der Waals surface area contributed by atoms with Crippen LogP contribution in [0.25, 0.3) is 0 Å². The van der Waals surface area contributed by atoms with Gasteiger partial charge in [-0.15, -0.1) is 0 Å². The van der Waals surface area contributed by atoms with Crippen molar-refractivity contribution in [1.82, 2.24) is 5.32 Å². The largest absolute Gasteiger partial charge is 0.465 e. The third kappa shape index (κ3) is 9.93. The van der Waals surface area contributed by atoms with Gasteiger partial charge < -0.3 is 16.2 Å². The highest BCUT2D eigenvalue weighted by Gasteiger charge is 1.95. The number of halogens is 1. The number of hydrogen-bond acceptors (Lipinski definition) is 2. The molecular formula is C13H21ClN2O2. The molecule has 0 fully saturated rings. The molecule has 0 aliphatic rings. The van der Waals surface area contributed by atoms with E-state index in [4.69, 9.17) is 22.4 Å². The number of carbonyl (C=O) groups is 1. The first kappa shape index (κ1) is 16.7. The first-order valence-electron chi connectivity index (χ1n) is 6.01. The van der Waals surface area contributed by atoms with E-state index >= 15 is 0 Å². The fourth-order valence-electron chi connectivity index (χ4n) is 1.17. The Kier molecular flexibility index (Phi) is 10.1. The standard InChI is InChI=1S/C8H8ClNO2.C5H13N/c9-7-3-1-6(2-4-7)5-10-8(11)12;1-2-3-4-5-6/h1-4,10H,5H2,(H,11,12);2-6H2,1H3. The molecule has 1 amide bonds. The van der Waals surface area contributed by atoms with Gasteiger partial charge in [-0.2, -0.15) is 0 Å². The Morgan fingerprint density at radius 2 is 1.94 bits per heavy atom. The fraction of sp³-hybridized carbons (Fsp3) is 0.462. The molecule has 4 N–H and O–H groups in total. The molecule has 102 valence electrons. The molecule has 0 saturated heterocycles. The van der Waals surface area contributed by atoms with E-state index in [1.807, 2.05) is 0 Å². The smallest absolute Gasteiger partial charge is 0.404 e. The molecule has 1 rings (SSSR count). The lowest BCUT2D eigenvalue weighted by molar-refractivity contribution is 0.194. The van der Waals surface area contributed by atoms with Crippen LogP contribution in [-0.2, 0) is 6.54 Å². The monoisotopic (exact) mass is 272 g/mol. The second kappa shape index (κ2) is 10.9. The van der Waals surface area contributed by atoms with E-state index in [9.17, 15) is 4.79 Å². The van der Waals surface area contributed by atoms with E-state index in [1.54, 1.807) is 24.3 Å². The second-order valence-electron chi connectivity index (χ2n) is 3.78. The normalized spacial score (nSPS) is 9.28. The summed E-state index contributed by atoms with van der Waals surface area (Å²) in [6.45, 7) is 3.34. The summed E-state index contributed by atoms with van der Waals surface area (Å²) in [7, 11) is 0. The number of nitrogens with one attached hydrogen (secondary N) is 1. The van der Waals surface area contributed by atoms with Gasteiger partial charge in [0.1, 0.15) is 0 Å². The van der Waals surface area contributed by atoms with Crippen LogP contribution in [0.3, 0.4) is 0 Å². The molecule has 5 heteroatoms. The maximum atomic E-state index is 10.1. The molecule has 0 saturated carbocycles. The lowest BCUT2D eigenvalue weighted by Crippen LogP contribution is -2.19. The van der Waals surface area contributed by atoms with Gasteiger partial charge >= 0.3 is 6.09 Å². The highest BCUT2D eigenvalue weighted by Crippen LogP contribution is 2.08. The van der Waals surface area contributed by atoms with Crippen LogP contribution in [0.4, 0.5) is 4.79 Å². The Morgan fingerprint density at radius 1 is 1.33 bits per heavy atom. The van der Waals surface area contributed by atoms with E-state index in [2.05, 4.69) is 12.2 Å². The quantitative estimate of drug-likeness (QED) is 0.720. The number of carboxylic acid groups (broad SMARTS) is 1. The minimum Gasteiger partial charge on any atom is -0.465 e. The Morgan fingerprint density at radius 3 is 2.33 bits per heavy atom. The maximum absolute atomic E-state index is 10.1. The number of nitrogens with two attached hydrogens (primary N) is 1. The fourth-order valence-corrected chi connectivity index (χ4v) is 1.30. The third-order valence-electron chi connectivity index (χ3n) is 2.16. The van der Waals surface area contributed by atoms with Crippen molar-refractivity contribution in [2.75, 3.05) is 6.54 Å². The molecule has 18 heavy (non-hydrogen) atoms. The van der Waals surface area contributed by atoms with Gasteiger partial charge in [0, 0.05) is 11.6 Å². The molecule has 0 heterocycles. The van der Waals surface area contributed by atoms with E-state index < -0.39 is 6.09 Å². The number of unbranched alkanes of at least 4 members (excludes halogenated alkanes) is 2. The van der Waals surface area contributed by atoms with Crippen molar-refractivity contribution in [3.8, 4) is 0 Å². The molecule has 0 spiro atoms. The molecule has 4 nitrogen and oxygen atoms in total. The lowest BCUT2D eigenvalue weighted by Gasteiger charge is -2.00. The maximum Gasteiger partial charge on any atom is 0.404 e. The molecule has 0 unspecified atom stereocenters. The van der Waals surface area contributed by atoms with Crippen LogP contribution >= 0.6 is 11.6 Å².